The van der Waals surface area contributed by atoms with Gasteiger partial charge in [-0.1, -0.05) is 28.9 Å². The molecule has 0 unspecified atom stereocenters. The highest BCUT2D eigenvalue weighted by molar-refractivity contribution is 9.10. The molecule has 1 N–H and O–H groups in total. The molecule has 9 heteroatoms. The molecule has 31 heavy (non-hydrogen) atoms. The normalized spacial score (nSPS) is 11.0. The van der Waals surface area contributed by atoms with E-state index in [0.717, 1.165) is 15.6 Å². The first kappa shape index (κ1) is 21.3. The third-order valence-electron chi connectivity index (χ3n) is 4.83. The van der Waals surface area contributed by atoms with Gasteiger partial charge in [0.25, 0.3) is 5.91 Å². The average Bonchev–Trinajstić information content (AvgIpc) is 3.27. The summed E-state index contributed by atoms with van der Waals surface area (Å²) < 4.78 is 8.24. The van der Waals surface area contributed by atoms with Gasteiger partial charge in [-0.05, 0) is 72.6 Å². The van der Waals surface area contributed by atoms with Crippen molar-refractivity contribution in [2.24, 2.45) is 0 Å². The van der Waals surface area contributed by atoms with E-state index in [1.165, 1.54) is 0 Å². The van der Waals surface area contributed by atoms with Gasteiger partial charge in [-0.25, -0.2) is 9.67 Å². The number of oxazole rings is 1. The maximum Gasteiger partial charge on any atom is 0.278 e. The minimum atomic E-state index is -0.329. The van der Waals surface area contributed by atoms with Crippen LogP contribution in [0.1, 0.15) is 33.2 Å². The summed E-state index contributed by atoms with van der Waals surface area (Å²) in [5, 5.41) is 11.7. The molecule has 4 aromatic rings. The van der Waals surface area contributed by atoms with E-state index in [2.05, 4.69) is 36.5 Å². The van der Waals surface area contributed by atoms with Crippen molar-refractivity contribution in [1.29, 1.82) is 0 Å². The topological polar surface area (TPSA) is 85.8 Å². The number of hydrogen-bond donors (Lipinski definition) is 1. The molecule has 0 spiro atoms. The Bertz CT molecular complexity index is 1280. The second-order valence-electron chi connectivity index (χ2n) is 7.15. The number of aryl methyl sites for hydroxylation is 2. The van der Waals surface area contributed by atoms with Gasteiger partial charge in [0.1, 0.15) is 11.5 Å². The van der Waals surface area contributed by atoms with Crippen LogP contribution in [-0.4, -0.2) is 25.9 Å². The van der Waals surface area contributed by atoms with Crippen molar-refractivity contribution in [3.63, 3.8) is 0 Å². The minimum absolute atomic E-state index is 0.253. The van der Waals surface area contributed by atoms with Gasteiger partial charge in [-0.2, -0.15) is 0 Å². The number of carbonyl (C=O) groups is 1. The zero-order chi connectivity index (χ0) is 22.1. The van der Waals surface area contributed by atoms with E-state index in [1.54, 1.807) is 23.7 Å². The second-order valence-corrected chi connectivity index (χ2v) is 8.44. The molecule has 0 bridgehead atoms. The highest BCUT2D eigenvalue weighted by atomic mass is 79.9. The number of nitrogens with zero attached hydrogens (tertiary/aromatic N) is 4. The average molecular weight is 501 g/mol. The Morgan fingerprint density at radius 1 is 1.19 bits per heavy atom. The number of aromatic nitrogens is 4. The Kier molecular flexibility index (Phi) is 5.93. The molecule has 0 aliphatic rings. The standard InChI is InChI=1S/C22H19BrClN5O2/c1-12-7-8-18(17(23)9-12)25-21(30)20-13(2)29(28-27-20)11-19-14(3)31-22(26-19)15-5-4-6-16(24)10-15/h4-10H,11H2,1-3H3,(H,25,30). The summed E-state index contributed by atoms with van der Waals surface area (Å²) in [6, 6.07) is 13.0. The van der Waals surface area contributed by atoms with Crippen molar-refractivity contribution in [2.75, 3.05) is 5.32 Å². The van der Waals surface area contributed by atoms with E-state index in [4.69, 9.17) is 16.0 Å². The van der Waals surface area contributed by atoms with Gasteiger partial charge in [-0.3, -0.25) is 4.79 Å². The molecule has 0 saturated carbocycles. The van der Waals surface area contributed by atoms with Gasteiger partial charge in [0, 0.05) is 15.1 Å². The van der Waals surface area contributed by atoms with Gasteiger partial charge in [0.15, 0.2) is 5.69 Å². The fraction of sp³-hybridized carbons (Fsp3) is 0.182. The highest BCUT2D eigenvalue weighted by Crippen LogP contribution is 2.26. The van der Waals surface area contributed by atoms with Crippen molar-refractivity contribution >= 4 is 39.1 Å². The molecule has 0 atom stereocenters. The number of rotatable bonds is 5. The van der Waals surface area contributed by atoms with Crippen molar-refractivity contribution < 1.29 is 9.21 Å². The maximum absolute atomic E-state index is 12.7. The molecule has 1 amide bonds. The smallest absolute Gasteiger partial charge is 0.278 e. The van der Waals surface area contributed by atoms with Crippen LogP contribution in [0.3, 0.4) is 0 Å². The molecular formula is C22H19BrClN5O2. The predicted molar refractivity (Wildman–Crippen MR) is 122 cm³/mol. The van der Waals surface area contributed by atoms with Gasteiger partial charge in [0.05, 0.1) is 17.9 Å². The van der Waals surface area contributed by atoms with E-state index < -0.39 is 0 Å². The quantitative estimate of drug-likeness (QED) is 0.387. The number of hydrogen-bond acceptors (Lipinski definition) is 5. The summed E-state index contributed by atoms with van der Waals surface area (Å²) in [6.45, 7) is 5.95. The zero-order valence-corrected chi connectivity index (χ0v) is 19.5. The summed E-state index contributed by atoms with van der Waals surface area (Å²) in [4.78, 5) is 17.3. The SMILES string of the molecule is Cc1ccc(NC(=O)c2nnn(Cc3nc(-c4cccc(Cl)c4)oc3C)c2C)c(Br)c1. The Morgan fingerprint density at radius 2 is 2.00 bits per heavy atom. The first-order valence-electron chi connectivity index (χ1n) is 9.51. The van der Waals surface area contributed by atoms with Crippen molar-refractivity contribution in [2.45, 2.75) is 27.3 Å². The Hall–Kier alpha value is -2.97. The predicted octanol–water partition coefficient (Wildman–Crippen LogP) is 5.57. The number of anilines is 1. The molecule has 4 rings (SSSR count). The van der Waals surface area contributed by atoms with Crippen LogP contribution in [0, 0.1) is 20.8 Å². The molecule has 0 radical (unpaired) electrons. The molecule has 158 valence electrons. The molecule has 2 aromatic carbocycles. The van der Waals surface area contributed by atoms with Gasteiger partial charge < -0.3 is 9.73 Å². The summed E-state index contributed by atoms with van der Waals surface area (Å²) in [7, 11) is 0. The molecule has 2 heterocycles. The first-order chi connectivity index (χ1) is 14.8. The second kappa shape index (κ2) is 8.64. The van der Waals surface area contributed by atoms with Crippen LogP contribution in [0.4, 0.5) is 5.69 Å². The molecule has 7 nitrogen and oxygen atoms in total. The van der Waals surface area contributed by atoms with Crippen molar-refractivity contribution in [1.82, 2.24) is 20.0 Å². The van der Waals surface area contributed by atoms with Crippen molar-refractivity contribution in [3.05, 3.63) is 80.4 Å². The largest absolute Gasteiger partial charge is 0.441 e. The van der Waals surface area contributed by atoms with Gasteiger partial charge in [-0.15, -0.1) is 5.10 Å². The van der Waals surface area contributed by atoms with Crippen LogP contribution < -0.4 is 5.32 Å². The maximum atomic E-state index is 12.7. The molecule has 0 aliphatic carbocycles. The molecular weight excluding hydrogens is 482 g/mol. The Labute approximate surface area is 192 Å². The van der Waals surface area contributed by atoms with E-state index >= 15 is 0 Å². The van der Waals surface area contributed by atoms with E-state index in [1.807, 2.05) is 44.2 Å². The Balaban J connectivity index is 1.54. The van der Waals surface area contributed by atoms with Crippen LogP contribution in [0.25, 0.3) is 11.5 Å². The van der Waals surface area contributed by atoms with Crippen LogP contribution in [0.15, 0.2) is 51.4 Å². The fourth-order valence-electron chi connectivity index (χ4n) is 3.08. The molecule has 0 fully saturated rings. The summed E-state index contributed by atoms with van der Waals surface area (Å²) in [5.74, 6) is 0.819. The van der Waals surface area contributed by atoms with Gasteiger partial charge in [0.2, 0.25) is 5.89 Å². The lowest BCUT2D eigenvalue weighted by Crippen LogP contribution is -2.15. The fourth-order valence-corrected chi connectivity index (χ4v) is 3.87. The van der Waals surface area contributed by atoms with Crippen LogP contribution in [0.5, 0.6) is 0 Å². The Morgan fingerprint density at radius 3 is 2.74 bits per heavy atom. The van der Waals surface area contributed by atoms with E-state index in [-0.39, 0.29) is 11.6 Å². The lowest BCUT2D eigenvalue weighted by Gasteiger charge is -2.07. The molecule has 0 aliphatic heterocycles. The number of benzene rings is 2. The summed E-state index contributed by atoms with van der Waals surface area (Å²) in [6.07, 6.45) is 0. The molecule has 0 saturated heterocycles. The number of nitrogens with one attached hydrogen (secondary N) is 1. The third kappa shape index (κ3) is 4.55. The number of amides is 1. The highest BCUT2D eigenvalue weighted by Gasteiger charge is 2.20. The van der Waals surface area contributed by atoms with Crippen LogP contribution >= 0.6 is 27.5 Å². The lowest BCUT2D eigenvalue weighted by atomic mass is 10.2. The summed E-state index contributed by atoms with van der Waals surface area (Å²) >= 11 is 9.53. The summed E-state index contributed by atoms with van der Waals surface area (Å²) in [5.41, 5.74) is 4.14. The number of halogens is 2. The van der Waals surface area contributed by atoms with Gasteiger partial charge >= 0.3 is 0 Å². The monoisotopic (exact) mass is 499 g/mol. The van der Waals surface area contributed by atoms with Crippen molar-refractivity contribution in [3.8, 4) is 11.5 Å². The minimum Gasteiger partial charge on any atom is -0.441 e. The third-order valence-corrected chi connectivity index (χ3v) is 5.73. The van der Waals surface area contributed by atoms with E-state index in [0.29, 0.717) is 40.3 Å². The van der Waals surface area contributed by atoms with E-state index in [9.17, 15) is 4.79 Å². The first-order valence-corrected chi connectivity index (χ1v) is 10.7. The number of carbonyl (C=O) groups excluding carboxylic acids is 1. The van der Waals surface area contributed by atoms with Crippen LogP contribution in [0.2, 0.25) is 5.02 Å². The zero-order valence-electron chi connectivity index (χ0n) is 17.1. The molecule has 2 aromatic heterocycles. The van der Waals surface area contributed by atoms with Crippen LogP contribution in [-0.2, 0) is 6.54 Å². The lowest BCUT2D eigenvalue weighted by molar-refractivity contribution is 0.102.